The van der Waals surface area contributed by atoms with Crippen LogP contribution in [0.15, 0.2) is 66.7 Å². The zero-order valence-electron chi connectivity index (χ0n) is 23.2. The number of hydrogen-bond donors (Lipinski definition) is 3. The van der Waals surface area contributed by atoms with Crippen LogP contribution in [0.5, 0.6) is 0 Å². The molecule has 0 saturated carbocycles. The van der Waals surface area contributed by atoms with Gasteiger partial charge in [-0.25, -0.2) is 4.79 Å². The minimum Gasteiger partial charge on any atom is -0.465 e. The number of benzene rings is 3. The predicted molar refractivity (Wildman–Crippen MR) is 159 cm³/mol. The van der Waals surface area contributed by atoms with E-state index in [-0.39, 0.29) is 31.1 Å². The molecular formula is C32H38ClN3O4. The zero-order chi connectivity index (χ0) is 28.5. The van der Waals surface area contributed by atoms with Crippen LogP contribution in [0.25, 0.3) is 11.1 Å². The van der Waals surface area contributed by atoms with Crippen molar-refractivity contribution in [3.05, 3.63) is 94.0 Å². The molecule has 1 aliphatic rings. The monoisotopic (exact) mass is 563 g/mol. The lowest BCUT2D eigenvalue weighted by atomic mass is 9.84. The summed E-state index contributed by atoms with van der Waals surface area (Å²) in [5.41, 5.74) is 5.89. The molecule has 1 saturated heterocycles. The number of halogens is 1. The van der Waals surface area contributed by atoms with Crippen LogP contribution >= 0.6 is 11.6 Å². The number of rotatable bonds is 11. The van der Waals surface area contributed by atoms with Gasteiger partial charge >= 0.3 is 6.09 Å². The maximum absolute atomic E-state index is 13.5. The Bertz CT molecular complexity index is 1300. The normalized spacial score (nSPS) is 16.0. The van der Waals surface area contributed by atoms with E-state index >= 15 is 0 Å². The lowest BCUT2D eigenvalue weighted by Gasteiger charge is -2.38. The molecule has 1 aliphatic heterocycles. The molecule has 2 atom stereocenters. The molecule has 2 amide bonds. The van der Waals surface area contributed by atoms with E-state index in [1.807, 2.05) is 60.5 Å². The summed E-state index contributed by atoms with van der Waals surface area (Å²) in [6.07, 6.45) is 1.17. The molecule has 0 radical (unpaired) electrons. The van der Waals surface area contributed by atoms with Crippen molar-refractivity contribution in [3.63, 3.8) is 0 Å². The van der Waals surface area contributed by atoms with Crippen LogP contribution in [0.4, 0.5) is 4.79 Å². The number of amides is 2. The third-order valence-corrected chi connectivity index (χ3v) is 7.72. The van der Waals surface area contributed by atoms with Crippen molar-refractivity contribution in [1.29, 1.82) is 0 Å². The third kappa shape index (κ3) is 7.42. The molecule has 3 N–H and O–H groups in total. The standard InChI is InChI=1S/C32H38ClN3O4/c1-3-22-7-4-8-25(19-22)29-27(10-5-11-28(29)33)30(40-18-16-35-32(38)39)26-9-6-17-36(21-26)31(37)24-14-12-23(13-15-24)20-34-2/h4-5,7-8,10-15,19,26,30,34-35H,3,6,9,16-18,20-21H2,1-2H3,(H,38,39)/t26-,30-/m1/s1. The number of aryl methyl sites for hydroxylation is 1. The molecule has 40 heavy (non-hydrogen) atoms. The average Bonchev–Trinajstić information content (AvgIpc) is 2.97. The van der Waals surface area contributed by atoms with Gasteiger partial charge in [0.15, 0.2) is 0 Å². The first kappa shape index (κ1) is 29.6. The number of carboxylic acid groups (broad SMARTS) is 1. The van der Waals surface area contributed by atoms with Gasteiger partial charge in [-0.3, -0.25) is 4.79 Å². The second kappa shape index (κ2) is 14.3. The Kier molecular flexibility index (Phi) is 10.6. The molecule has 0 aliphatic carbocycles. The number of nitrogens with zero attached hydrogens (tertiary/aromatic N) is 1. The Labute approximate surface area is 241 Å². The van der Waals surface area contributed by atoms with E-state index < -0.39 is 6.09 Å². The maximum atomic E-state index is 13.5. The van der Waals surface area contributed by atoms with E-state index in [1.165, 1.54) is 5.56 Å². The van der Waals surface area contributed by atoms with Crippen LogP contribution in [0.3, 0.4) is 0 Å². The highest BCUT2D eigenvalue weighted by molar-refractivity contribution is 6.33. The number of carbonyl (C=O) groups excluding carboxylic acids is 1. The SMILES string of the molecule is CCc1cccc(-c2c(Cl)cccc2[C@H](OCCNC(=O)O)[C@@H]2CCCN(C(=O)c3ccc(CNC)cc3)C2)c1. The van der Waals surface area contributed by atoms with Crippen molar-refractivity contribution >= 4 is 23.6 Å². The lowest BCUT2D eigenvalue weighted by molar-refractivity contribution is -0.0114. The molecule has 1 fully saturated rings. The van der Waals surface area contributed by atoms with Gasteiger partial charge in [0.2, 0.25) is 0 Å². The molecule has 0 bridgehead atoms. The van der Waals surface area contributed by atoms with Gasteiger partial charge in [0, 0.05) is 48.2 Å². The van der Waals surface area contributed by atoms with Crippen LogP contribution < -0.4 is 10.6 Å². The first-order valence-electron chi connectivity index (χ1n) is 13.9. The molecular weight excluding hydrogens is 526 g/mol. The highest BCUT2D eigenvalue weighted by Crippen LogP contribution is 2.41. The smallest absolute Gasteiger partial charge is 0.404 e. The van der Waals surface area contributed by atoms with Crippen molar-refractivity contribution in [2.75, 3.05) is 33.3 Å². The predicted octanol–water partition coefficient (Wildman–Crippen LogP) is 6.17. The molecule has 0 spiro atoms. The Morgan fingerprint density at radius 3 is 2.60 bits per heavy atom. The van der Waals surface area contributed by atoms with Gasteiger partial charge in [0.1, 0.15) is 0 Å². The molecule has 212 valence electrons. The van der Waals surface area contributed by atoms with Crippen molar-refractivity contribution in [2.45, 2.75) is 38.8 Å². The fourth-order valence-electron chi connectivity index (χ4n) is 5.45. The van der Waals surface area contributed by atoms with E-state index in [9.17, 15) is 9.59 Å². The van der Waals surface area contributed by atoms with Crippen molar-refractivity contribution < 1.29 is 19.4 Å². The fraction of sp³-hybridized carbons (Fsp3) is 0.375. The van der Waals surface area contributed by atoms with Crippen LogP contribution in [-0.4, -0.2) is 55.3 Å². The van der Waals surface area contributed by atoms with Gasteiger partial charge < -0.3 is 25.4 Å². The Hall–Kier alpha value is -3.39. The first-order valence-corrected chi connectivity index (χ1v) is 14.3. The van der Waals surface area contributed by atoms with Crippen LogP contribution in [-0.2, 0) is 17.7 Å². The van der Waals surface area contributed by atoms with Gasteiger partial charge in [-0.1, -0.05) is 67.1 Å². The number of nitrogens with one attached hydrogen (secondary N) is 2. The third-order valence-electron chi connectivity index (χ3n) is 7.41. The Morgan fingerprint density at radius 2 is 1.88 bits per heavy atom. The number of ether oxygens (including phenoxy) is 1. The summed E-state index contributed by atoms with van der Waals surface area (Å²) in [4.78, 5) is 26.4. The lowest BCUT2D eigenvalue weighted by Crippen LogP contribution is -2.42. The summed E-state index contributed by atoms with van der Waals surface area (Å²) < 4.78 is 6.44. The second-order valence-corrected chi connectivity index (χ2v) is 10.6. The van der Waals surface area contributed by atoms with Crippen LogP contribution in [0, 0.1) is 5.92 Å². The summed E-state index contributed by atoms with van der Waals surface area (Å²) in [5.74, 6) is 0.0200. The van der Waals surface area contributed by atoms with Crippen LogP contribution in [0.2, 0.25) is 5.02 Å². The Morgan fingerprint density at radius 1 is 1.10 bits per heavy atom. The first-order chi connectivity index (χ1) is 19.4. The molecule has 1 heterocycles. The fourth-order valence-corrected chi connectivity index (χ4v) is 5.74. The molecule has 0 unspecified atom stereocenters. The summed E-state index contributed by atoms with van der Waals surface area (Å²) >= 11 is 6.83. The van der Waals surface area contributed by atoms with E-state index in [0.717, 1.165) is 48.1 Å². The highest BCUT2D eigenvalue weighted by atomic mass is 35.5. The van der Waals surface area contributed by atoms with Gasteiger partial charge in [0.25, 0.3) is 5.91 Å². The highest BCUT2D eigenvalue weighted by Gasteiger charge is 2.33. The summed E-state index contributed by atoms with van der Waals surface area (Å²) in [5, 5.41) is 15.2. The maximum Gasteiger partial charge on any atom is 0.404 e. The molecule has 4 rings (SSSR count). The second-order valence-electron chi connectivity index (χ2n) is 10.2. The molecule has 3 aromatic rings. The Balaban J connectivity index is 1.64. The van der Waals surface area contributed by atoms with E-state index in [2.05, 4.69) is 35.8 Å². The molecule has 0 aromatic heterocycles. The summed E-state index contributed by atoms with van der Waals surface area (Å²) in [6, 6.07) is 21.9. The van der Waals surface area contributed by atoms with E-state index in [4.69, 9.17) is 21.4 Å². The van der Waals surface area contributed by atoms with Crippen molar-refractivity contribution in [2.24, 2.45) is 5.92 Å². The molecule has 7 nitrogen and oxygen atoms in total. The van der Waals surface area contributed by atoms with Gasteiger partial charge in [-0.2, -0.15) is 0 Å². The summed E-state index contributed by atoms with van der Waals surface area (Å²) in [7, 11) is 1.90. The number of carbonyl (C=O) groups is 2. The number of hydrogen-bond acceptors (Lipinski definition) is 4. The number of likely N-dealkylation sites (tertiary alicyclic amines) is 1. The van der Waals surface area contributed by atoms with E-state index in [0.29, 0.717) is 23.7 Å². The van der Waals surface area contributed by atoms with Crippen molar-refractivity contribution in [1.82, 2.24) is 15.5 Å². The molecule has 3 aromatic carbocycles. The number of piperidine rings is 1. The quantitative estimate of drug-likeness (QED) is 0.243. The minimum atomic E-state index is -1.09. The zero-order valence-corrected chi connectivity index (χ0v) is 23.9. The van der Waals surface area contributed by atoms with Gasteiger partial charge in [-0.15, -0.1) is 0 Å². The van der Waals surface area contributed by atoms with Gasteiger partial charge in [-0.05, 0) is 66.8 Å². The topological polar surface area (TPSA) is 90.9 Å². The van der Waals surface area contributed by atoms with E-state index in [1.54, 1.807) is 0 Å². The minimum absolute atomic E-state index is 0.00830. The van der Waals surface area contributed by atoms with Crippen molar-refractivity contribution in [3.8, 4) is 11.1 Å². The largest absolute Gasteiger partial charge is 0.465 e. The van der Waals surface area contributed by atoms with Crippen LogP contribution in [0.1, 0.15) is 52.9 Å². The van der Waals surface area contributed by atoms with Gasteiger partial charge in [0.05, 0.1) is 12.7 Å². The average molecular weight is 564 g/mol. The molecule has 8 heteroatoms. The summed E-state index contributed by atoms with van der Waals surface area (Å²) in [6.45, 7) is 4.46.